The van der Waals surface area contributed by atoms with Crippen molar-refractivity contribution in [2.75, 3.05) is 31.4 Å². The van der Waals surface area contributed by atoms with Crippen LogP contribution < -0.4 is 4.90 Å². The average molecular weight is 375 g/mol. The number of hydrogen-bond donors (Lipinski definition) is 0. The number of rotatable bonds is 4. The smallest absolute Gasteiger partial charge is 0.305 e. The third-order valence-corrected chi connectivity index (χ3v) is 5.45. The van der Waals surface area contributed by atoms with E-state index in [9.17, 15) is 22.0 Å². The molecular formula is C15H19F2N3O4S. The molecule has 7 nitrogen and oxygen atoms in total. The summed E-state index contributed by atoms with van der Waals surface area (Å²) in [5.41, 5.74) is -0.189. The maximum absolute atomic E-state index is 14.1. The van der Waals surface area contributed by atoms with Crippen LogP contribution in [0.4, 0.5) is 14.6 Å². The molecule has 0 saturated carbocycles. The second-order valence-electron chi connectivity index (χ2n) is 6.51. The molecule has 10 heteroatoms. The first kappa shape index (κ1) is 18.0. The quantitative estimate of drug-likeness (QED) is 0.579. The van der Waals surface area contributed by atoms with Crippen LogP contribution in [0.3, 0.4) is 0 Å². The van der Waals surface area contributed by atoms with Crippen molar-refractivity contribution < 1.29 is 26.7 Å². The number of hydrogen-bond acceptors (Lipinski definition) is 7. The molecule has 1 aliphatic heterocycles. The molecule has 2 aliphatic rings. The Morgan fingerprint density at radius 1 is 1.40 bits per heavy atom. The highest BCUT2D eigenvalue weighted by atomic mass is 32.2. The van der Waals surface area contributed by atoms with Crippen LogP contribution in [-0.2, 0) is 31.7 Å². The summed E-state index contributed by atoms with van der Waals surface area (Å²) in [6.45, 7) is 0.952. The molecule has 0 bridgehead atoms. The molecule has 1 unspecified atom stereocenters. The summed E-state index contributed by atoms with van der Waals surface area (Å²) in [4.78, 5) is 20.9. The van der Waals surface area contributed by atoms with Gasteiger partial charge in [0.25, 0.3) is 5.92 Å². The minimum Gasteiger partial charge on any atom is -0.469 e. The van der Waals surface area contributed by atoms with Crippen LogP contribution in [0.1, 0.15) is 30.5 Å². The van der Waals surface area contributed by atoms with Gasteiger partial charge in [0, 0.05) is 31.3 Å². The van der Waals surface area contributed by atoms with Gasteiger partial charge in [-0.2, -0.15) is 8.78 Å². The number of ether oxygens (including phenoxy) is 1. The summed E-state index contributed by atoms with van der Waals surface area (Å²) in [7, 11) is -2.51. The molecule has 1 saturated heterocycles. The number of alkyl halides is 2. The molecule has 0 amide bonds. The number of anilines is 1. The molecule has 0 N–H and O–H groups in total. The normalized spacial score (nSPS) is 22.1. The summed E-state index contributed by atoms with van der Waals surface area (Å²) in [6, 6.07) is 0. The predicted molar refractivity (Wildman–Crippen MR) is 84.3 cm³/mol. The fourth-order valence-electron chi connectivity index (χ4n) is 3.32. The van der Waals surface area contributed by atoms with Crippen LogP contribution in [0.25, 0.3) is 0 Å². The van der Waals surface area contributed by atoms with E-state index in [0.29, 0.717) is 25.1 Å². The predicted octanol–water partition coefficient (Wildman–Crippen LogP) is 1.31. The Labute approximate surface area is 144 Å². The summed E-state index contributed by atoms with van der Waals surface area (Å²) < 4.78 is 56.5. The highest BCUT2D eigenvalue weighted by molar-refractivity contribution is 7.90. The van der Waals surface area contributed by atoms with E-state index in [1.807, 2.05) is 0 Å². The van der Waals surface area contributed by atoms with Crippen molar-refractivity contribution in [3.8, 4) is 0 Å². The Kier molecular flexibility index (Phi) is 4.42. The van der Waals surface area contributed by atoms with Crippen molar-refractivity contribution >= 4 is 21.6 Å². The number of aromatic nitrogens is 2. The summed E-state index contributed by atoms with van der Waals surface area (Å²) in [5, 5.41) is -0.584. The van der Waals surface area contributed by atoms with Crippen molar-refractivity contribution in [3.05, 3.63) is 11.3 Å². The maximum Gasteiger partial charge on any atom is 0.305 e. The molecular weight excluding hydrogens is 356 g/mol. The summed E-state index contributed by atoms with van der Waals surface area (Å²) >= 11 is 0. The van der Waals surface area contributed by atoms with Crippen LogP contribution in [0.5, 0.6) is 0 Å². The molecule has 1 atom stereocenters. The molecule has 3 rings (SSSR count). The van der Waals surface area contributed by atoms with Gasteiger partial charge in [-0.05, 0) is 18.8 Å². The highest BCUT2D eigenvalue weighted by Gasteiger charge is 2.45. The van der Waals surface area contributed by atoms with Gasteiger partial charge in [0.2, 0.25) is 15.0 Å². The van der Waals surface area contributed by atoms with Gasteiger partial charge < -0.3 is 9.64 Å². The lowest BCUT2D eigenvalue weighted by Crippen LogP contribution is -2.25. The lowest BCUT2D eigenvalue weighted by Gasteiger charge is -2.21. The van der Waals surface area contributed by atoms with Crippen LogP contribution in [-0.4, -0.2) is 50.8 Å². The third kappa shape index (κ3) is 3.44. The molecule has 138 valence electrons. The Bertz CT molecular complexity index is 813. The van der Waals surface area contributed by atoms with Crippen LogP contribution >= 0.6 is 0 Å². The highest BCUT2D eigenvalue weighted by Crippen LogP contribution is 2.44. The van der Waals surface area contributed by atoms with Crippen LogP contribution in [0, 0.1) is 5.92 Å². The summed E-state index contributed by atoms with van der Waals surface area (Å²) in [6.07, 6.45) is 1.50. The Hall–Kier alpha value is -1.84. The summed E-state index contributed by atoms with van der Waals surface area (Å²) in [5.74, 6) is -3.22. The zero-order valence-corrected chi connectivity index (χ0v) is 14.8. The fourth-order valence-corrected chi connectivity index (χ4v) is 3.83. The van der Waals surface area contributed by atoms with Crippen molar-refractivity contribution in [2.45, 2.75) is 36.8 Å². The van der Waals surface area contributed by atoms with Crippen molar-refractivity contribution in [3.63, 3.8) is 0 Å². The zero-order valence-electron chi connectivity index (χ0n) is 14.0. The Morgan fingerprint density at radius 2 is 2.12 bits per heavy atom. The third-order valence-electron chi connectivity index (χ3n) is 4.60. The minimum atomic E-state index is -3.82. The molecule has 0 spiro atoms. The van der Waals surface area contributed by atoms with Crippen molar-refractivity contribution in [1.82, 2.24) is 9.97 Å². The number of carbonyl (C=O) groups is 1. The standard InChI is InChI=1S/C15H19F2N3O4S/c1-24-11(21)7-9-4-6-20(8-9)13-10-3-5-15(16,17)12(10)18-14(19-13)25(2,22)23/h9H,3-8H2,1-2H3. The fraction of sp³-hybridized carbons (Fsp3) is 0.667. The van der Waals surface area contributed by atoms with E-state index in [4.69, 9.17) is 0 Å². The molecule has 1 fully saturated rings. The molecule has 2 heterocycles. The minimum absolute atomic E-state index is 0.0154. The molecule has 1 aromatic rings. The van der Waals surface area contributed by atoms with Crippen LogP contribution in [0.15, 0.2) is 5.16 Å². The Balaban J connectivity index is 1.97. The maximum atomic E-state index is 14.1. The molecule has 25 heavy (non-hydrogen) atoms. The number of carbonyl (C=O) groups excluding carboxylic acids is 1. The second kappa shape index (κ2) is 6.15. The first-order valence-electron chi connectivity index (χ1n) is 7.93. The lowest BCUT2D eigenvalue weighted by molar-refractivity contribution is -0.141. The van der Waals surface area contributed by atoms with Gasteiger partial charge in [0.05, 0.1) is 13.5 Å². The number of nitrogens with zero attached hydrogens (tertiary/aromatic N) is 3. The van der Waals surface area contributed by atoms with E-state index in [0.717, 1.165) is 6.26 Å². The van der Waals surface area contributed by atoms with Gasteiger partial charge in [0.1, 0.15) is 11.5 Å². The molecule has 0 radical (unpaired) electrons. The number of methoxy groups -OCH3 is 1. The van der Waals surface area contributed by atoms with Gasteiger partial charge in [-0.1, -0.05) is 0 Å². The molecule has 1 aromatic heterocycles. The number of fused-ring (bicyclic) bond motifs is 1. The second-order valence-corrected chi connectivity index (χ2v) is 8.42. The van der Waals surface area contributed by atoms with E-state index >= 15 is 0 Å². The van der Waals surface area contributed by atoms with Gasteiger partial charge in [0.15, 0.2) is 0 Å². The topological polar surface area (TPSA) is 89.5 Å². The lowest BCUT2D eigenvalue weighted by atomic mass is 10.1. The van der Waals surface area contributed by atoms with E-state index in [1.54, 1.807) is 4.90 Å². The Morgan fingerprint density at radius 3 is 2.76 bits per heavy atom. The van der Waals surface area contributed by atoms with E-state index in [-0.39, 0.29) is 30.5 Å². The number of esters is 1. The van der Waals surface area contributed by atoms with Crippen molar-refractivity contribution in [2.24, 2.45) is 5.92 Å². The molecule has 0 aromatic carbocycles. The van der Waals surface area contributed by atoms with Gasteiger partial charge in [-0.25, -0.2) is 18.4 Å². The number of sulfone groups is 1. The van der Waals surface area contributed by atoms with E-state index in [1.165, 1.54) is 7.11 Å². The zero-order chi connectivity index (χ0) is 18.4. The van der Waals surface area contributed by atoms with Gasteiger partial charge in [-0.15, -0.1) is 0 Å². The van der Waals surface area contributed by atoms with Crippen molar-refractivity contribution in [1.29, 1.82) is 0 Å². The van der Waals surface area contributed by atoms with E-state index in [2.05, 4.69) is 14.7 Å². The average Bonchev–Trinajstić information content (AvgIpc) is 3.10. The first-order valence-corrected chi connectivity index (χ1v) is 9.82. The monoisotopic (exact) mass is 375 g/mol. The number of halogens is 2. The van der Waals surface area contributed by atoms with Gasteiger partial charge in [-0.3, -0.25) is 4.79 Å². The van der Waals surface area contributed by atoms with Crippen LogP contribution in [0.2, 0.25) is 0 Å². The largest absolute Gasteiger partial charge is 0.469 e. The first-order chi connectivity index (χ1) is 11.6. The van der Waals surface area contributed by atoms with E-state index < -0.39 is 33.0 Å². The SMILES string of the molecule is COC(=O)CC1CCN(c2nc(S(C)(=O)=O)nc3c2CCC3(F)F)C1. The molecule has 1 aliphatic carbocycles. The van der Waals surface area contributed by atoms with Gasteiger partial charge >= 0.3 is 5.97 Å².